The summed E-state index contributed by atoms with van der Waals surface area (Å²) >= 11 is 5.82. The topological polar surface area (TPSA) is 93.9 Å². The van der Waals surface area contributed by atoms with Gasteiger partial charge in [-0.15, -0.1) is 0 Å². The summed E-state index contributed by atoms with van der Waals surface area (Å²) in [4.78, 5) is 24.9. The smallest absolute Gasteiger partial charge is 0.410 e. The molecule has 0 spiro atoms. The highest BCUT2D eigenvalue weighted by atomic mass is 35.5. The van der Waals surface area contributed by atoms with Crippen molar-refractivity contribution in [1.82, 2.24) is 14.7 Å². The van der Waals surface area contributed by atoms with Crippen molar-refractivity contribution < 1.29 is 24.2 Å². The predicted octanol–water partition coefficient (Wildman–Crippen LogP) is 1.87. The minimum Gasteiger partial charge on any atom is -0.476 e. The Kier molecular flexibility index (Phi) is 5.16. The summed E-state index contributed by atoms with van der Waals surface area (Å²) in [6, 6.07) is 0. The second kappa shape index (κ2) is 6.76. The van der Waals surface area contributed by atoms with E-state index in [-0.39, 0.29) is 23.4 Å². The molecule has 1 saturated heterocycles. The summed E-state index contributed by atoms with van der Waals surface area (Å²) in [6.45, 7) is 6.66. The van der Waals surface area contributed by atoms with Crippen molar-refractivity contribution in [2.24, 2.45) is 0 Å². The lowest BCUT2D eigenvalue weighted by molar-refractivity contribution is -0.0486. The number of carbonyl (C=O) groups is 2. The first-order chi connectivity index (χ1) is 10.7. The zero-order chi connectivity index (χ0) is 17.2. The number of morpholine rings is 1. The van der Waals surface area contributed by atoms with Crippen LogP contribution in [0.3, 0.4) is 0 Å². The van der Waals surface area contributed by atoms with Crippen molar-refractivity contribution >= 4 is 23.7 Å². The van der Waals surface area contributed by atoms with Gasteiger partial charge in [0.1, 0.15) is 5.60 Å². The molecule has 8 nitrogen and oxygen atoms in total. The number of aromatic carboxylic acids is 1. The van der Waals surface area contributed by atoms with Crippen LogP contribution in [-0.2, 0) is 16.0 Å². The van der Waals surface area contributed by atoms with Crippen molar-refractivity contribution in [2.45, 2.75) is 39.0 Å². The summed E-state index contributed by atoms with van der Waals surface area (Å²) in [7, 11) is 0. The maximum Gasteiger partial charge on any atom is 0.410 e. The molecule has 1 unspecified atom stereocenters. The van der Waals surface area contributed by atoms with Crippen LogP contribution in [0.1, 0.15) is 31.3 Å². The van der Waals surface area contributed by atoms with Gasteiger partial charge in [0.15, 0.2) is 5.69 Å². The lowest BCUT2D eigenvalue weighted by Gasteiger charge is -2.34. The van der Waals surface area contributed by atoms with Gasteiger partial charge in [-0.1, -0.05) is 11.6 Å². The van der Waals surface area contributed by atoms with Crippen LogP contribution in [0.4, 0.5) is 4.79 Å². The molecule has 2 rings (SSSR count). The highest BCUT2D eigenvalue weighted by Gasteiger charge is 2.29. The van der Waals surface area contributed by atoms with E-state index in [1.165, 1.54) is 10.9 Å². The molecule has 1 aromatic heterocycles. The van der Waals surface area contributed by atoms with Crippen molar-refractivity contribution in [3.05, 3.63) is 16.9 Å². The molecule has 1 fully saturated rings. The first-order valence-electron chi connectivity index (χ1n) is 7.21. The Morgan fingerprint density at radius 2 is 2.22 bits per heavy atom. The van der Waals surface area contributed by atoms with Gasteiger partial charge in [-0.05, 0) is 20.8 Å². The summed E-state index contributed by atoms with van der Waals surface area (Å²) in [5.41, 5.74) is -0.665. The van der Waals surface area contributed by atoms with E-state index in [4.69, 9.17) is 26.2 Å². The Morgan fingerprint density at radius 3 is 2.83 bits per heavy atom. The molecule has 9 heteroatoms. The number of halogens is 1. The van der Waals surface area contributed by atoms with E-state index in [0.717, 1.165) is 0 Å². The van der Waals surface area contributed by atoms with Crippen LogP contribution >= 0.6 is 11.6 Å². The summed E-state index contributed by atoms with van der Waals surface area (Å²) in [6.07, 6.45) is 0.479. The molecule has 1 atom stereocenters. The average Bonchev–Trinajstić information content (AvgIpc) is 2.78. The number of carboxylic acids is 1. The van der Waals surface area contributed by atoms with Gasteiger partial charge in [-0.3, -0.25) is 4.68 Å². The van der Waals surface area contributed by atoms with Gasteiger partial charge in [0.25, 0.3) is 0 Å². The molecule has 0 aromatic carbocycles. The second-order valence-corrected chi connectivity index (χ2v) is 6.65. The Labute approximate surface area is 138 Å². The van der Waals surface area contributed by atoms with Crippen molar-refractivity contribution in [3.8, 4) is 0 Å². The Hall–Kier alpha value is -1.80. The average molecular weight is 346 g/mol. The van der Waals surface area contributed by atoms with E-state index < -0.39 is 17.7 Å². The molecule has 1 aliphatic heterocycles. The highest BCUT2D eigenvalue weighted by molar-refractivity contribution is 6.33. The van der Waals surface area contributed by atoms with E-state index >= 15 is 0 Å². The fourth-order valence-electron chi connectivity index (χ4n) is 2.23. The SMILES string of the molecule is CC(C)(C)OC(=O)N1CCOC(Cn2ncc(Cl)c2C(=O)O)C1. The molecule has 23 heavy (non-hydrogen) atoms. The van der Waals surface area contributed by atoms with Crippen LogP contribution in [0.15, 0.2) is 6.20 Å². The first kappa shape index (κ1) is 17.6. The first-order valence-corrected chi connectivity index (χ1v) is 7.59. The van der Waals surface area contributed by atoms with Crippen LogP contribution < -0.4 is 0 Å². The van der Waals surface area contributed by atoms with E-state index in [2.05, 4.69) is 5.10 Å². The van der Waals surface area contributed by atoms with Crippen molar-refractivity contribution in [2.75, 3.05) is 19.7 Å². The van der Waals surface area contributed by atoms with E-state index in [9.17, 15) is 9.59 Å². The Morgan fingerprint density at radius 1 is 1.52 bits per heavy atom. The summed E-state index contributed by atoms with van der Waals surface area (Å²) < 4.78 is 12.2. The predicted molar refractivity (Wildman–Crippen MR) is 81.7 cm³/mol. The van der Waals surface area contributed by atoms with Gasteiger partial charge < -0.3 is 19.5 Å². The molecule has 2 heterocycles. The number of ether oxygens (including phenoxy) is 2. The molecule has 1 aliphatic rings. The lowest BCUT2D eigenvalue weighted by Crippen LogP contribution is -2.48. The molecular formula is C14H20ClN3O5. The van der Waals surface area contributed by atoms with E-state index in [1.807, 2.05) is 0 Å². The number of hydrogen-bond donors (Lipinski definition) is 1. The summed E-state index contributed by atoms with van der Waals surface area (Å²) in [5.74, 6) is -1.16. The third kappa shape index (κ3) is 4.59. The number of hydrogen-bond acceptors (Lipinski definition) is 5. The number of nitrogens with zero attached hydrogens (tertiary/aromatic N) is 3. The minimum atomic E-state index is -1.16. The number of carboxylic acid groups (broad SMARTS) is 1. The van der Waals surface area contributed by atoms with Crippen LogP contribution in [-0.4, -0.2) is 63.3 Å². The third-order valence-electron chi connectivity index (χ3n) is 3.16. The van der Waals surface area contributed by atoms with Crippen LogP contribution in [0.2, 0.25) is 5.02 Å². The van der Waals surface area contributed by atoms with Gasteiger partial charge in [-0.2, -0.15) is 5.10 Å². The minimum absolute atomic E-state index is 0.0670. The normalized spacial score (nSPS) is 18.8. The molecule has 1 N–H and O–H groups in total. The molecular weight excluding hydrogens is 326 g/mol. The third-order valence-corrected chi connectivity index (χ3v) is 3.44. The fourth-order valence-corrected chi connectivity index (χ4v) is 2.45. The monoisotopic (exact) mass is 345 g/mol. The van der Waals surface area contributed by atoms with E-state index in [0.29, 0.717) is 19.7 Å². The summed E-state index contributed by atoms with van der Waals surface area (Å²) in [5, 5.41) is 13.2. The van der Waals surface area contributed by atoms with Gasteiger partial charge in [-0.25, -0.2) is 9.59 Å². The standard InChI is InChI=1S/C14H20ClN3O5/c1-14(2,3)23-13(21)17-4-5-22-9(7-17)8-18-11(12(19)20)10(15)6-16-18/h6,9H,4-5,7-8H2,1-3H3,(H,19,20). The zero-order valence-corrected chi connectivity index (χ0v) is 14.0. The van der Waals surface area contributed by atoms with Crippen LogP contribution in [0, 0.1) is 0 Å². The van der Waals surface area contributed by atoms with Crippen molar-refractivity contribution in [3.63, 3.8) is 0 Å². The van der Waals surface area contributed by atoms with Gasteiger partial charge in [0.2, 0.25) is 0 Å². The molecule has 128 valence electrons. The molecule has 1 aromatic rings. The molecule has 0 bridgehead atoms. The Balaban J connectivity index is 2.02. The fraction of sp³-hybridized carbons (Fsp3) is 0.643. The molecule has 0 aliphatic carbocycles. The molecule has 1 amide bonds. The van der Waals surface area contributed by atoms with Crippen LogP contribution in [0.5, 0.6) is 0 Å². The number of aromatic nitrogens is 2. The number of rotatable bonds is 3. The zero-order valence-electron chi connectivity index (χ0n) is 13.3. The maximum absolute atomic E-state index is 12.1. The molecule has 0 saturated carbocycles. The van der Waals surface area contributed by atoms with Crippen LogP contribution in [0.25, 0.3) is 0 Å². The van der Waals surface area contributed by atoms with Gasteiger partial charge in [0, 0.05) is 6.54 Å². The lowest BCUT2D eigenvalue weighted by atomic mass is 10.2. The van der Waals surface area contributed by atoms with E-state index in [1.54, 1.807) is 25.7 Å². The largest absolute Gasteiger partial charge is 0.476 e. The van der Waals surface area contributed by atoms with Gasteiger partial charge >= 0.3 is 12.1 Å². The number of amides is 1. The van der Waals surface area contributed by atoms with Crippen molar-refractivity contribution in [1.29, 1.82) is 0 Å². The quantitative estimate of drug-likeness (QED) is 0.898. The molecule has 0 radical (unpaired) electrons. The highest BCUT2D eigenvalue weighted by Crippen LogP contribution is 2.18. The maximum atomic E-state index is 12.1. The second-order valence-electron chi connectivity index (χ2n) is 6.25. The Bertz CT molecular complexity index is 596. The number of carbonyl (C=O) groups excluding carboxylic acids is 1. The van der Waals surface area contributed by atoms with Gasteiger partial charge in [0.05, 0.1) is 37.0 Å².